The summed E-state index contributed by atoms with van der Waals surface area (Å²) in [6, 6.07) is 11.5. The third-order valence-electron chi connectivity index (χ3n) is 4.88. The van der Waals surface area contributed by atoms with E-state index in [1.807, 2.05) is 57.2 Å². The van der Waals surface area contributed by atoms with Gasteiger partial charge in [-0.2, -0.15) is 18.1 Å². The second-order valence-electron chi connectivity index (χ2n) is 7.64. The van der Waals surface area contributed by atoms with E-state index in [0.717, 1.165) is 39.4 Å². The Morgan fingerprint density at radius 3 is 2.33 bits per heavy atom. The summed E-state index contributed by atoms with van der Waals surface area (Å²) in [7, 11) is -1.85. The first-order valence-electron chi connectivity index (χ1n) is 10.6. The van der Waals surface area contributed by atoms with Crippen LogP contribution in [0.1, 0.15) is 29.2 Å². The molecule has 10 heteroatoms. The second kappa shape index (κ2) is 10.6. The molecule has 9 nitrogen and oxygen atoms in total. The van der Waals surface area contributed by atoms with Crippen LogP contribution in [-0.4, -0.2) is 32.0 Å². The summed E-state index contributed by atoms with van der Waals surface area (Å²) < 4.78 is 34.0. The molecule has 0 saturated carbocycles. The maximum atomic E-state index is 11.8. The van der Waals surface area contributed by atoms with E-state index < -0.39 is 10.2 Å². The SMILES string of the molecule is CCNS(=O)(=O)NCc1cccc(Nc2nc(Nc3cc(C)c(OC)c(C)c3)ncc2C)c1. The molecule has 0 fully saturated rings. The first-order chi connectivity index (χ1) is 15.7. The average molecular weight is 471 g/mol. The molecule has 0 aliphatic carbocycles. The van der Waals surface area contributed by atoms with Crippen molar-refractivity contribution in [3.8, 4) is 5.75 Å². The molecule has 0 bridgehead atoms. The fourth-order valence-electron chi connectivity index (χ4n) is 3.42. The van der Waals surface area contributed by atoms with Crippen molar-refractivity contribution in [2.75, 3.05) is 24.3 Å². The van der Waals surface area contributed by atoms with Gasteiger partial charge in [-0.25, -0.2) is 9.71 Å². The molecule has 0 radical (unpaired) electrons. The molecule has 176 valence electrons. The van der Waals surface area contributed by atoms with Crippen molar-refractivity contribution in [2.24, 2.45) is 0 Å². The molecule has 0 amide bonds. The Bertz CT molecular complexity index is 1210. The summed E-state index contributed by atoms with van der Waals surface area (Å²) in [4.78, 5) is 9.01. The monoisotopic (exact) mass is 470 g/mol. The van der Waals surface area contributed by atoms with Gasteiger partial charge in [0, 0.05) is 36.2 Å². The van der Waals surface area contributed by atoms with Crippen molar-refractivity contribution in [3.63, 3.8) is 0 Å². The van der Waals surface area contributed by atoms with E-state index in [4.69, 9.17) is 4.74 Å². The number of hydrogen-bond acceptors (Lipinski definition) is 7. The lowest BCUT2D eigenvalue weighted by Crippen LogP contribution is -2.35. The summed E-state index contributed by atoms with van der Waals surface area (Å²) in [5.41, 5.74) is 5.39. The van der Waals surface area contributed by atoms with Crippen LogP contribution in [0.25, 0.3) is 0 Å². The van der Waals surface area contributed by atoms with Crippen molar-refractivity contribution in [3.05, 3.63) is 64.8 Å². The maximum Gasteiger partial charge on any atom is 0.277 e. The molecule has 3 rings (SSSR count). The van der Waals surface area contributed by atoms with Crippen molar-refractivity contribution in [2.45, 2.75) is 34.2 Å². The first-order valence-corrected chi connectivity index (χ1v) is 12.0. The molecule has 0 aliphatic rings. The minimum atomic E-state index is -3.51. The van der Waals surface area contributed by atoms with Crippen molar-refractivity contribution < 1.29 is 13.2 Å². The van der Waals surface area contributed by atoms with E-state index in [0.29, 0.717) is 18.3 Å². The molecule has 1 aromatic heterocycles. The number of methoxy groups -OCH3 is 1. The molecule has 33 heavy (non-hydrogen) atoms. The van der Waals surface area contributed by atoms with Gasteiger partial charge >= 0.3 is 0 Å². The number of hydrogen-bond donors (Lipinski definition) is 4. The molecule has 0 atom stereocenters. The van der Waals surface area contributed by atoms with Gasteiger partial charge in [0.15, 0.2) is 0 Å². The fraction of sp³-hybridized carbons (Fsp3) is 0.304. The molecule has 0 unspecified atom stereocenters. The highest BCUT2D eigenvalue weighted by Gasteiger charge is 2.10. The zero-order valence-electron chi connectivity index (χ0n) is 19.5. The maximum absolute atomic E-state index is 11.8. The molecule has 0 aliphatic heterocycles. The van der Waals surface area contributed by atoms with E-state index in [2.05, 4.69) is 30.0 Å². The zero-order chi connectivity index (χ0) is 24.0. The van der Waals surface area contributed by atoms with Crippen molar-refractivity contribution in [1.82, 2.24) is 19.4 Å². The smallest absolute Gasteiger partial charge is 0.277 e. The minimum absolute atomic E-state index is 0.177. The topological polar surface area (TPSA) is 117 Å². The van der Waals surface area contributed by atoms with E-state index in [-0.39, 0.29) is 6.54 Å². The third-order valence-corrected chi connectivity index (χ3v) is 6.08. The number of nitrogens with zero attached hydrogens (tertiary/aromatic N) is 2. The van der Waals surface area contributed by atoms with E-state index in [1.54, 1.807) is 20.2 Å². The normalized spacial score (nSPS) is 11.3. The number of anilines is 4. The predicted octanol–water partition coefficient (Wildman–Crippen LogP) is 3.84. The Hall–Kier alpha value is -3.21. The van der Waals surface area contributed by atoms with E-state index in [9.17, 15) is 8.42 Å². The molecule has 2 aromatic carbocycles. The molecular formula is C23H30N6O3S. The number of aromatic nitrogens is 2. The lowest BCUT2D eigenvalue weighted by molar-refractivity contribution is 0.408. The summed E-state index contributed by atoms with van der Waals surface area (Å²) in [6.07, 6.45) is 1.75. The van der Waals surface area contributed by atoms with Gasteiger partial charge in [0.25, 0.3) is 10.2 Å². The van der Waals surface area contributed by atoms with Gasteiger partial charge in [0.05, 0.1) is 7.11 Å². The van der Waals surface area contributed by atoms with Crippen LogP contribution in [0, 0.1) is 20.8 Å². The van der Waals surface area contributed by atoms with E-state index >= 15 is 0 Å². The highest BCUT2D eigenvalue weighted by Crippen LogP contribution is 2.28. The summed E-state index contributed by atoms with van der Waals surface area (Å²) in [5, 5.41) is 6.55. The summed E-state index contributed by atoms with van der Waals surface area (Å²) in [5.74, 6) is 1.97. The Morgan fingerprint density at radius 1 is 0.939 bits per heavy atom. The van der Waals surface area contributed by atoms with Crippen LogP contribution in [0.3, 0.4) is 0 Å². The minimum Gasteiger partial charge on any atom is -0.496 e. The first kappa shape index (κ1) is 24.4. The van der Waals surface area contributed by atoms with Crippen LogP contribution < -0.4 is 24.8 Å². The number of nitrogens with one attached hydrogen (secondary N) is 4. The van der Waals surface area contributed by atoms with Crippen LogP contribution >= 0.6 is 0 Å². The lowest BCUT2D eigenvalue weighted by atomic mass is 10.1. The van der Waals surface area contributed by atoms with Crippen LogP contribution in [0.2, 0.25) is 0 Å². The number of benzene rings is 2. The van der Waals surface area contributed by atoms with Crippen molar-refractivity contribution in [1.29, 1.82) is 0 Å². The zero-order valence-corrected chi connectivity index (χ0v) is 20.3. The Labute approximate surface area is 195 Å². The van der Waals surface area contributed by atoms with Crippen LogP contribution in [0.4, 0.5) is 23.1 Å². The highest BCUT2D eigenvalue weighted by molar-refractivity contribution is 7.87. The fourth-order valence-corrected chi connectivity index (χ4v) is 4.26. The molecule has 4 N–H and O–H groups in total. The molecule has 3 aromatic rings. The van der Waals surface area contributed by atoms with Crippen LogP contribution in [-0.2, 0) is 16.8 Å². The Balaban J connectivity index is 1.75. The van der Waals surface area contributed by atoms with Gasteiger partial charge in [0.1, 0.15) is 11.6 Å². The number of ether oxygens (including phenoxy) is 1. The molecule has 0 spiro atoms. The van der Waals surface area contributed by atoms with E-state index in [1.165, 1.54) is 0 Å². The third kappa shape index (κ3) is 6.64. The van der Waals surface area contributed by atoms with Crippen LogP contribution in [0.5, 0.6) is 5.75 Å². The average Bonchev–Trinajstić information content (AvgIpc) is 2.75. The second-order valence-corrected chi connectivity index (χ2v) is 9.23. The highest BCUT2D eigenvalue weighted by atomic mass is 32.2. The number of aryl methyl sites for hydroxylation is 3. The lowest BCUT2D eigenvalue weighted by Gasteiger charge is -2.14. The largest absolute Gasteiger partial charge is 0.496 e. The van der Waals surface area contributed by atoms with Gasteiger partial charge < -0.3 is 15.4 Å². The van der Waals surface area contributed by atoms with Crippen molar-refractivity contribution >= 4 is 33.4 Å². The molecule has 1 heterocycles. The van der Waals surface area contributed by atoms with Gasteiger partial charge in [0.2, 0.25) is 5.95 Å². The van der Waals surface area contributed by atoms with Gasteiger partial charge in [-0.15, -0.1) is 0 Å². The molecular weight excluding hydrogens is 440 g/mol. The number of rotatable bonds is 10. The van der Waals surface area contributed by atoms with Gasteiger partial charge in [-0.3, -0.25) is 0 Å². The van der Waals surface area contributed by atoms with Crippen LogP contribution in [0.15, 0.2) is 42.6 Å². The molecule has 0 saturated heterocycles. The standard InChI is InChI=1S/C23H30N6O3S/c1-6-25-33(30,31)26-14-18-8-7-9-19(12-18)27-22-17(4)13-24-23(29-22)28-20-10-15(2)21(32-5)16(3)11-20/h7-13,25-26H,6,14H2,1-5H3,(H2,24,27,28,29). The summed E-state index contributed by atoms with van der Waals surface area (Å²) >= 11 is 0. The predicted molar refractivity (Wildman–Crippen MR) is 132 cm³/mol. The summed E-state index contributed by atoms with van der Waals surface area (Å²) in [6.45, 7) is 8.14. The Morgan fingerprint density at radius 2 is 1.67 bits per heavy atom. The Kier molecular flexibility index (Phi) is 7.85. The quantitative estimate of drug-likeness (QED) is 0.356. The van der Waals surface area contributed by atoms with Gasteiger partial charge in [-0.1, -0.05) is 19.1 Å². The van der Waals surface area contributed by atoms with Gasteiger partial charge in [-0.05, 0) is 61.7 Å².